The van der Waals surface area contributed by atoms with Crippen LogP contribution in [-0.4, -0.2) is 6.61 Å². The van der Waals surface area contributed by atoms with Gasteiger partial charge in [0, 0.05) is 27.3 Å². The van der Waals surface area contributed by atoms with Gasteiger partial charge in [-0.25, -0.2) is 0 Å². The molecule has 22 heavy (non-hydrogen) atoms. The van der Waals surface area contributed by atoms with Crippen LogP contribution in [0.5, 0.6) is 5.75 Å². The lowest BCUT2D eigenvalue weighted by atomic mass is 9.74. The number of ether oxygens (including phenoxy) is 1. The molecule has 1 aliphatic carbocycles. The second-order valence-corrected chi connectivity index (χ2v) is 7.82. The molecule has 0 amide bonds. The quantitative estimate of drug-likeness (QED) is 0.769. The number of benzene rings is 2. The molecule has 0 bridgehead atoms. The van der Waals surface area contributed by atoms with Gasteiger partial charge in [0.05, 0.1) is 6.61 Å². The fourth-order valence-electron chi connectivity index (χ4n) is 3.19. The summed E-state index contributed by atoms with van der Waals surface area (Å²) in [4.78, 5) is 0. The maximum Gasteiger partial charge on any atom is 0.121 e. The lowest BCUT2D eigenvalue weighted by Gasteiger charge is -2.36. The highest BCUT2D eigenvalue weighted by molar-refractivity contribution is 9.10. The Kier molecular flexibility index (Phi) is 3.23. The Bertz CT molecular complexity index is 734. The minimum atomic E-state index is -0.0191. The molecular formula is C19H20BrNO. The number of hydrogen-bond donors (Lipinski definition) is 1. The molecule has 0 saturated heterocycles. The van der Waals surface area contributed by atoms with Crippen LogP contribution < -0.4 is 10.1 Å². The van der Waals surface area contributed by atoms with Crippen molar-refractivity contribution in [2.45, 2.75) is 32.1 Å². The second-order valence-electron chi connectivity index (χ2n) is 6.90. The molecule has 0 aromatic heterocycles. The molecule has 2 aromatic rings. The first kappa shape index (κ1) is 14.1. The van der Waals surface area contributed by atoms with Crippen molar-refractivity contribution in [2.75, 3.05) is 11.9 Å². The van der Waals surface area contributed by atoms with Gasteiger partial charge in [-0.1, -0.05) is 35.8 Å². The summed E-state index contributed by atoms with van der Waals surface area (Å²) in [7, 11) is 0. The van der Waals surface area contributed by atoms with Crippen molar-refractivity contribution in [2.24, 2.45) is 5.92 Å². The van der Waals surface area contributed by atoms with E-state index in [1.165, 1.54) is 29.7 Å². The van der Waals surface area contributed by atoms with Crippen molar-refractivity contribution in [3.8, 4) is 5.75 Å². The third-order valence-corrected chi connectivity index (χ3v) is 5.26. The minimum Gasteiger partial charge on any atom is -0.493 e. The molecule has 2 aliphatic rings. The van der Waals surface area contributed by atoms with Crippen molar-refractivity contribution < 1.29 is 4.74 Å². The first-order chi connectivity index (χ1) is 10.5. The Morgan fingerprint density at radius 3 is 2.68 bits per heavy atom. The van der Waals surface area contributed by atoms with Crippen LogP contribution in [0.15, 0.2) is 40.9 Å². The van der Waals surface area contributed by atoms with E-state index in [-0.39, 0.29) is 5.41 Å². The van der Waals surface area contributed by atoms with E-state index in [0.29, 0.717) is 0 Å². The van der Waals surface area contributed by atoms with Crippen molar-refractivity contribution in [1.82, 2.24) is 0 Å². The third-order valence-electron chi connectivity index (χ3n) is 4.77. The highest BCUT2D eigenvalue weighted by atomic mass is 79.9. The maximum absolute atomic E-state index is 5.92. The van der Waals surface area contributed by atoms with E-state index in [4.69, 9.17) is 4.74 Å². The van der Waals surface area contributed by atoms with Crippen LogP contribution in [0.1, 0.15) is 37.8 Å². The zero-order chi connectivity index (χ0) is 15.3. The molecule has 1 fully saturated rings. The van der Waals surface area contributed by atoms with Crippen LogP contribution in [0.3, 0.4) is 0 Å². The van der Waals surface area contributed by atoms with Crippen LogP contribution >= 0.6 is 15.9 Å². The Hall–Kier alpha value is -1.48. The fraction of sp³-hybridized carbons (Fsp3) is 0.368. The highest BCUT2D eigenvalue weighted by Crippen LogP contribution is 2.47. The van der Waals surface area contributed by atoms with Gasteiger partial charge in [-0.05, 0) is 54.2 Å². The van der Waals surface area contributed by atoms with Crippen LogP contribution in [-0.2, 0) is 5.41 Å². The average molecular weight is 358 g/mol. The molecule has 2 aromatic carbocycles. The standard InChI is InChI=1S/C19H20BrNO/c1-19(2)15-7-6-14(22-11-12-3-4-12)10-18(15)21-17-8-5-13(20)9-16(17)19/h5-10,12,21H,3-4,11H2,1-2H3. The molecule has 2 nitrogen and oxygen atoms in total. The van der Waals surface area contributed by atoms with Crippen LogP contribution in [0.4, 0.5) is 11.4 Å². The Morgan fingerprint density at radius 1 is 1.09 bits per heavy atom. The SMILES string of the molecule is CC1(C)c2ccc(OCC3CC3)cc2Nc2ccc(Br)cc21. The topological polar surface area (TPSA) is 21.3 Å². The van der Waals surface area contributed by atoms with Gasteiger partial charge in [0.15, 0.2) is 0 Å². The van der Waals surface area contributed by atoms with Crippen molar-refractivity contribution >= 4 is 27.3 Å². The normalized spacial score (nSPS) is 18.1. The molecule has 3 heteroatoms. The van der Waals surface area contributed by atoms with Gasteiger partial charge < -0.3 is 10.1 Å². The van der Waals surface area contributed by atoms with Gasteiger partial charge in [-0.3, -0.25) is 0 Å². The van der Waals surface area contributed by atoms with Gasteiger partial charge in [0.1, 0.15) is 5.75 Å². The molecule has 1 saturated carbocycles. The fourth-order valence-corrected chi connectivity index (χ4v) is 3.55. The van der Waals surface area contributed by atoms with Gasteiger partial charge in [0.25, 0.3) is 0 Å². The summed E-state index contributed by atoms with van der Waals surface area (Å²) in [6.07, 6.45) is 2.64. The molecule has 1 N–H and O–H groups in total. The lowest BCUT2D eigenvalue weighted by Crippen LogP contribution is -2.26. The lowest BCUT2D eigenvalue weighted by molar-refractivity contribution is 0.300. The molecule has 0 atom stereocenters. The van der Waals surface area contributed by atoms with Gasteiger partial charge in [0.2, 0.25) is 0 Å². The first-order valence-electron chi connectivity index (χ1n) is 7.88. The second kappa shape index (κ2) is 5.02. The predicted molar refractivity (Wildman–Crippen MR) is 94.2 cm³/mol. The average Bonchev–Trinajstić information content (AvgIpc) is 3.30. The summed E-state index contributed by atoms with van der Waals surface area (Å²) in [6.45, 7) is 5.41. The largest absolute Gasteiger partial charge is 0.493 e. The number of rotatable bonds is 3. The Labute approximate surface area is 140 Å². The van der Waals surface area contributed by atoms with Crippen LogP contribution in [0, 0.1) is 5.92 Å². The van der Waals surface area contributed by atoms with Crippen LogP contribution in [0.25, 0.3) is 0 Å². The summed E-state index contributed by atoms with van der Waals surface area (Å²) in [6, 6.07) is 12.9. The summed E-state index contributed by atoms with van der Waals surface area (Å²) in [5.41, 5.74) is 4.96. The Morgan fingerprint density at radius 2 is 1.91 bits per heavy atom. The van der Waals surface area contributed by atoms with Gasteiger partial charge >= 0.3 is 0 Å². The number of nitrogens with one attached hydrogen (secondary N) is 1. The van der Waals surface area contributed by atoms with E-state index >= 15 is 0 Å². The molecule has 1 aliphatic heterocycles. The zero-order valence-electron chi connectivity index (χ0n) is 12.9. The molecule has 1 heterocycles. The smallest absolute Gasteiger partial charge is 0.121 e. The van der Waals surface area contributed by atoms with Crippen molar-refractivity contribution in [3.05, 3.63) is 52.0 Å². The first-order valence-corrected chi connectivity index (χ1v) is 8.68. The monoisotopic (exact) mass is 357 g/mol. The highest BCUT2D eigenvalue weighted by Gasteiger charge is 2.33. The number of anilines is 2. The van der Waals surface area contributed by atoms with E-state index < -0.39 is 0 Å². The van der Waals surface area contributed by atoms with E-state index in [2.05, 4.69) is 71.5 Å². The summed E-state index contributed by atoms with van der Waals surface area (Å²) < 4.78 is 7.04. The Balaban J connectivity index is 1.70. The third kappa shape index (κ3) is 2.41. The summed E-state index contributed by atoms with van der Waals surface area (Å²) in [5.74, 6) is 1.74. The molecule has 0 spiro atoms. The molecule has 0 unspecified atom stereocenters. The summed E-state index contributed by atoms with van der Waals surface area (Å²) >= 11 is 3.59. The number of hydrogen-bond acceptors (Lipinski definition) is 2. The van der Waals surface area contributed by atoms with E-state index in [9.17, 15) is 0 Å². The minimum absolute atomic E-state index is 0.0191. The summed E-state index contributed by atoms with van der Waals surface area (Å²) in [5, 5.41) is 3.57. The predicted octanol–water partition coefficient (Wildman–Crippen LogP) is 5.62. The van der Waals surface area contributed by atoms with Crippen molar-refractivity contribution in [1.29, 1.82) is 0 Å². The van der Waals surface area contributed by atoms with Gasteiger partial charge in [-0.2, -0.15) is 0 Å². The molecular weight excluding hydrogens is 338 g/mol. The van der Waals surface area contributed by atoms with Crippen molar-refractivity contribution in [3.63, 3.8) is 0 Å². The van der Waals surface area contributed by atoms with Crippen LogP contribution in [0.2, 0.25) is 0 Å². The van der Waals surface area contributed by atoms with Gasteiger partial charge in [-0.15, -0.1) is 0 Å². The van der Waals surface area contributed by atoms with E-state index in [0.717, 1.165) is 28.4 Å². The maximum atomic E-state index is 5.92. The number of fused-ring (bicyclic) bond motifs is 2. The van der Waals surface area contributed by atoms with E-state index in [1.807, 2.05) is 0 Å². The van der Waals surface area contributed by atoms with E-state index in [1.54, 1.807) is 0 Å². The number of halogens is 1. The zero-order valence-corrected chi connectivity index (χ0v) is 14.5. The molecule has 4 rings (SSSR count). The molecule has 114 valence electrons. The molecule has 0 radical (unpaired) electrons.